The Morgan fingerprint density at radius 3 is 2.79 bits per heavy atom. The fourth-order valence-electron chi connectivity index (χ4n) is 1.81. The standard InChI is InChI=1S/C13H17N3O2S/c1-3-16(4-2)12(17)6-5-11-14-15-13(18-11)10-7-8-19-9-10/h7-9H,3-6H2,1-2H3. The van der Waals surface area contributed by atoms with Gasteiger partial charge in [-0.15, -0.1) is 10.2 Å². The number of hydrogen-bond acceptors (Lipinski definition) is 5. The Balaban J connectivity index is 1.92. The summed E-state index contributed by atoms with van der Waals surface area (Å²) in [6.07, 6.45) is 0.902. The van der Waals surface area contributed by atoms with Crippen molar-refractivity contribution in [2.24, 2.45) is 0 Å². The lowest BCUT2D eigenvalue weighted by Crippen LogP contribution is -2.30. The van der Waals surface area contributed by atoms with Gasteiger partial charge in [-0.25, -0.2) is 0 Å². The van der Waals surface area contributed by atoms with E-state index in [4.69, 9.17) is 4.42 Å². The van der Waals surface area contributed by atoms with E-state index < -0.39 is 0 Å². The largest absolute Gasteiger partial charge is 0.421 e. The predicted molar refractivity (Wildman–Crippen MR) is 73.9 cm³/mol. The molecule has 2 heterocycles. The van der Waals surface area contributed by atoms with Crippen LogP contribution in [0, 0.1) is 0 Å². The Morgan fingerprint density at radius 1 is 1.37 bits per heavy atom. The van der Waals surface area contributed by atoms with Gasteiger partial charge in [-0.2, -0.15) is 11.3 Å². The zero-order valence-electron chi connectivity index (χ0n) is 11.1. The highest BCUT2D eigenvalue weighted by molar-refractivity contribution is 7.08. The van der Waals surface area contributed by atoms with Crippen molar-refractivity contribution in [3.8, 4) is 11.5 Å². The summed E-state index contributed by atoms with van der Waals surface area (Å²) in [6, 6.07) is 1.93. The number of rotatable bonds is 6. The van der Waals surface area contributed by atoms with E-state index >= 15 is 0 Å². The van der Waals surface area contributed by atoms with Crippen molar-refractivity contribution in [1.29, 1.82) is 0 Å². The Hall–Kier alpha value is -1.69. The second kappa shape index (κ2) is 6.47. The molecule has 2 aromatic rings. The SMILES string of the molecule is CCN(CC)C(=O)CCc1nnc(-c2ccsc2)o1. The number of amides is 1. The van der Waals surface area contributed by atoms with Gasteiger partial charge in [0, 0.05) is 36.9 Å². The quantitative estimate of drug-likeness (QED) is 0.815. The maximum absolute atomic E-state index is 11.9. The Labute approximate surface area is 116 Å². The first-order chi connectivity index (χ1) is 9.24. The highest BCUT2D eigenvalue weighted by Gasteiger charge is 2.13. The van der Waals surface area contributed by atoms with Crippen molar-refractivity contribution in [3.63, 3.8) is 0 Å². The number of thiophene rings is 1. The van der Waals surface area contributed by atoms with Crippen molar-refractivity contribution in [3.05, 3.63) is 22.7 Å². The monoisotopic (exact) mass is 279 g/mol. The first-order valence-corrected chi connectivity index (χ1v) is 7.31. The zero-order valence-corrected chi connectivity index (χ0v) is 11.9. The van der Waals surface area contributed by atoms with Crippen molar-refractivity contribution < 1.29 is 9.21 Å². The topological polar surface area (TPSA) is 59.2 Å². The molecular formula is C13H17N3O2S. The smallest absolute Gasteiger partial charge is 0.248 e. The van der Waals surface area contributed by atoms with Crippen LogP contribution in [0.3, 0.4) is 0 Å². The van der Waals surface area contributed by atoms with Crippen LogP contribution in [-0.4, -0.2) is 34.1 Å². The second-order valence-corrected chi connectivity index (χ2v) is 4.86. The molecule has 2 aromatic heterocycles. The van der Waals surface area contributed by atoms with Gasteiger partial charge in [0.05, 0.1) is 0 Å². The van der Waals surface area contributed by atoms with Crippen LogP contribution >= 0.6 is 11.3 Å². The first kappa shape index (κ1) is 13.7. The molecule has 19 heavy (non-hydrogen) atoms. The molecule has 5 nitrogen and oxygen atoms in total. The van der Waals surface area contributed by atoms with E-state index in [0.29, 0.717) is 24.6 Å². The Morgan fingerprint density at radius 2 is 2.16 bits per heavy atom. The molecule has 0 aliphatic heterocycles. The Bertz CT molecular complexity index is 518. The van der Waals surface area contributed by atoms with Gasteiger partial charge in [0.2, 0.25) is 17.7 Å². The second-order valence-electron chi connectivity index (χ2n) is 4.08. The van der Waals surface area contributed by atoms with Crippen LogP contribution in [0.25, 0.3) is 11.5 Å². The molecule has 102 valence electrons. The zero-order chi connectivity index (χ0) is 13.7. The van der Waals surface area contributed by atoms with Crippen molar-refractivity contribution in [2.75, 3.05) is 13.1 Å². The molecule has 6 heteroatoms. The molecule has 2 rings (SSSR count). The average Bonchev–Trinajstić information content (AvgIpc) is 3.08. The molecule has 0 aliphatic rings. The summed E-state index contributed by atoms with van der Waals surface area (Å²) < 4.78 is 5.54. The summed E-state index contributed by atoms with van der Waals surface area (Å²) in [5.74, 6) is 1.16. The van der Waals surface area contributed by atoms with Gasteiger partial charge in [-0.1, -0.05) is 0 Å². The van der Waals surface area contributed by atoms with Gasteiger partial charge in [0.15, 0.2) is 0 Å². The minimum Gasteiger partial charge on any atom is -0.421 e. The molecule has 0 saturated heterocycles. The molecule has 0 fully saturated rings. The summed E-state index contributed by atoms with van der Waals surface area (Å²) in [7, 11) is 0. The molecule has 0 radical (unpaired) electrons. The predicted octanol–water partition coefficient (Wildman–Crippen LogP) is 2.60. The fourth-order valence-corrected chi connectivity index (χ4v) is 2.44. The van der Waals surface area contributed by atoms with Crippen molar-refractivity contribution in [2.45, 2.75) is 26.7 Å². The maximum atomic E-state index is 11.9. The van der Waals surface area contributed by atoms with Gasteiger partial charge in [0.1, 0.15) is 0 Å². The molecule has 0 aromatic carbocycles. The molecule has 0 saturated carbocycles. The van der Waals surface area contributed by atoms with E-state index in [0.717, 1.165) is 18.7 Å². The third-order valence-electron chi connectivity index (χ3n) is 2.90. The summed E-state index contributed by atoms with van der Waals surface area (Å²) in [5.41, 5.74) is 0.929. The van der Waals surface area contributed by atoms with Gasteiger partial charge in [-0.05, 0) is 25.3 Å². The van der Waals surface area contributed by atoms with Crippen LogP contribution in [0.2, 0.25) is 0 Å². The normalized spacial score (nSPS) is 10.6. The molecule has 1 amide bonds. The third kappa shape index (κ3) is 3.41. The highest BCUT2D eigenvalue weighted by Crippen LogP contribution is 2.20. The van der Waals surface area contributed by atoms with Gasteiger partial charge in [0.25, 0.3) is 0 Å². The van der Waals surface area contributed by atoms with Crippen LogP contribution in [0.15, 0.2) is 21.2 Å². The van der Waals surface area contributed by atoms with E-state index in [9.17, 15) is 4.79 Å². The molecule has 0 bridgehead atoms. The van der Waals surface area contributed by atoms with E-state index in [2.05, 4.69) is 10.2 Å². The maximum Gasteiger partial charge on any atom is 0.248 e. The van der Waals surface area contributed by atoms with E-state index in [-0.39, 0.29) is 5.91 Å². The highest BCUT2D eigenvalue weighted by atomic mass is 32.1. The van der Waals surface area contributed by atoms with Crippen LogP contribution in [-0.2, 0) is 11.2 Å². The first-order valence-electron chi connectivity index (χ1n) is 6.37. The molecule has 0 unspecified atom stereocenters. The van der Waals surface area contributed by atoms with E-state index in [1.54, 1.807) is 16.2 Å². The number of carbonyl (C=O) groups excluding carboxylic acids is 1. The minimum absolute atomic E-state index is 0.125. The number of carbonyl (C=O) groups is 1. The number of hydrogen-bond donors (Lipinski definition) is 0. The number of aromatic nitrogens is 2. The van der Waals surface area contributed by atoms with E-state index in [1.165, 1.54) is 0 Å². The van der Waals surface area contributed by atoms with Gasteiger partial charge >= 0.3 is 0 Å². The van der Waals surface area contributed by atoms with E-state index in [1.807, 2.05) is 30.7 Å². The third-order valence-corrected chi connectivity index (χ3v) is 3.59. The van der Waals surface area contributed by atoms with Crippen molar-refractivity contribution in [1.82, 2.24) is 15.1 Å². The van der Waals surface area contributed by atoms with Gasteiger partial charge < -0.3 is 9.32 Å². The van der Waals surface area contributed by atoms with Gasteiger partial charge in [-0.3, -0.25) is 4.79 Å². The molecule has 0 aliphatic carbocycles. The lowest BCUT2D eigenvalue weighted by atomic mass is 10.2. The number of aryl methyl sites for hydroxylation is 1. The Kier molecular flexibility index (Phi) is 4.68. The summed E-state index contributed by atoms with van der Waals surface area (Å²) in [5, 5.41) is 11.9. The fraction of sp³-hybridized carbons (Fsp3) is 0.462. The molecule has 0 N–H and O–H groups in total. The van der Waals surface area contributed by atoms with Crippen LogP contribution < -0.4 is 0 Å². The summed E-state index contributed by atoms with van der Waals surface area (Å²) in [6.45, 7) is 5.42. The van der Waals surface area contributed by atoms with Crippen LogP contribution in [0.5, 0.6) is 0 Å². The lowest BCUT2D eigenvalue weighted by molar-refractivity contribution is -0.130. The molecular weight excluding hydrogens is 262 g/mol. The average molecular weight is 279 g/mol. The minimum atomic E-state index is 0.125. The van der Waals surface area contributed by atoms with Crippen LogP contribution in [0.1, 0.15) is 26.2 Å². The molecule has 0 spiro atoms. The number of nitrogens with zero attached hydrogens (tertiary/aromatic N) is 3. The van der Waals surface area contributed by atoms with Crippen molar-refractivity contribution >= 4 is 17.2 Å². The summed E-state index contributed by atoms with van der Waals surface area (Å²) in [4.78, 5) is 13.7. The lowest BCUT2D eigenvalue weighted by Gasteiger charge is -2.17. The van der Waals surface area contributed by atoms with Crippen LogP contribution in [0.4, 0.5) is 0 Å². The summed E-state index contributed by atoms with van der Waals surface area (Å²) >= 11 is 1.58. The molecule has 0 atom stereocenters.